The minimum Gasteiger partial charge on any atom is -0.404 e. The van der Waals surface area contributed by atoms with E-state index in [1.54, 1.807) is 0 Å². The molecule has 1 unspecified atom stereocenters. The van der Waals surface area contributed by atoms with Crippen molar-refractivity contribution in [3.63, 3.8) is 0 Å². The molecule has 0 spiro atoms. The second-order valence-corrected chi connectivity index (χ2v) is 6.58. The number of hydrogen-bond acceptors (Lipinski definition) is 4. The molecular weight excluding hydrogens is 309 g/mol. The van der Waals surface area contributed by atoms with Gasteiger partial charge in [-0.15, -0.1) is 13.2 Å². The molecule has 1 saturated carbocycles. The summed E-state index contributed by atoms with van der Waals surface area (Å²) in [5.74, 6) is -0.494. The van der Waals surface area contributed by atoms with Crippen LogP contribution in [0, 0.1) is 5.92 Å². The highest BCUT2D eigenvalue weighted by Crippen LogP contribution is 2.32. The van der Waals surface area contributed by atoms with Crippen molar-refractivity contribution >= 4 is 10.0 Å². The Morgan fingerprint density at radius 2 is 1.95 bits per heavy atom. The largest absolute Gasteiger partial charge is 0.573 e. The lowest BCUT2D eigenvalue weighted by atomic mass is 10.2. The van der Waals surface area contributed by atoms with Gasteiger partial charge in [0.2, 0.25) is 10.0 Å². The molecule has 0 radical (unpaired) electrons. The molecule has 0 bridgehead atoms. The average molecular weight is 324 g/mol. The second-order valence-electron chi connectivity index (χ2n) is 4.85. The van der Waals surface area contributed by atoms with Gasteiger partial charge >= 0.3 is 6.36 Å². The zero-order valence-electron chi connectivity index (χ0n) is 10.9. The second kappa shape index (κ2) is 5.82. The van der Waals surface area contributed by atoms with Gasteiger partial charge in [0, 0.05) is 12.6 Å². The molecule has 1 aromatic carbocycles. The van der Waals surface area contributed by atoms with Crippen molar-refractivity contribution in [1.82, 2.24) is 4.72 Å². The number of nitrogens with two attached hydrogens (primary N) is 1. The van der Waals surface area contributed by atoms with E-state index in [0.717, 1.165) is 25.0 Å². The van der Waals surface area contributed by atoms with E-state index in [1.165, 1.54) is 12.1 Å². The highest BCUT2D eigenvalue weighted by molar-refractivity contribution is 7.89. The van der Waals surface area contributed by atoms with Gasteiger partial charge in [0.05, 0.1) is 0 Å². The molecule has 3 N–H and O–H groups in total. The van der Waals surface area contributed by atoms with Gasteiger partial charge in [-0.2, -0.15) is 0 Å². The first-order chi connectivity index (χ1) is 9.69. The number of alkyl halides is 3. The topological polar surface area (TPSA) is 81.4 Å². The zero-order valence-corrected chi connectivity index (χ0v) is 11.7. The lowest BCUT2D eigenvalue weighted by Crippen LogP contribution is -2.38. The van der Waals surface area contributed by atoms with Gasteiger partial charge in [-0.3, -0.25) is 0 Å². The first kappa shape index (κ1) is 16.1. The van der Waals surface area contributed by atoms with Gasteiger partial charge in [0.25, 0.3) is 0 Å². The summed E-state index contributed by atoms with van der Waals surface area (Å²) in [5.41, 5.74) is 5.77. The molecular formula is C12H15F3N2O3S. The predicted octanol–water partition coefficient (Wildman–Crippen LogP) is 1.60. The lowest BCUT2D eigenvalue weighted by Gasteiger charge is -2.15. The molecule has 21 heavy (non-hydrogen) atoms. The number of halogens is 3. The molecule has 0 amide bonds. The molecule has 1 aliphatic rings. The van der Waals surface area contributed by atoms with Crippen LogP contribution in [-0.2, 0) is 10.0 Å². The summed E-state index contributed by atoms with van der Waals surface area (Å²) < 4.78 is 66.9. The molecule has 5 nitrogen and oxygen atoms in total. The smallest absolute Gasteiger partial charge is 0.404 e. The Balaban J connectivity index is 2.15. The van der Waals surface area contributed by atoms with Gasteiger partial charge < -0.3 is 10.5 Å². The molecule has 0 aliphatic heterocycles. The van der Waals surface area contributed by atoms with E-state index >= 15 is 0 Å². The van der Waals surface area contributed by atoms with Crippen LogP contribution in [0.4, 0.5) is 13.2 Å². The Hall–Kier alpha value is -1.32. The zero-order chi connectivity index (χ0) is 15.7. The summed E-state index contributed by atoms with van der Waals surface area (Å²) in [6.07, 6.45) is -3.08. The monoisotopic (exact) mass is 324 g/mol. The highest BCUT2D eigenvalue weighted by atomic mass is 32.2. The summed E-state index contributed by atoms with van der Waals surface area (Å²) in [4.78, 5) is -0.565. The van der Waals surface area contributed by atoms with Crippen molar-refractivity contribution in [3.05, 3.63) is 24.3 Å². The van der Waals surface area contributed by atoms with Crippen LogP contribution in [0.15, 0.2) is 29.2 Å². The van der Waals surface area contributed by atoms with E-state index in [1.807, 2.05) is 0 Å². The molecule has 1 aromatic rings. The van der Waals surface area contributed by atoms with Crippen LogP contribution < -0.4 is 15.2 Å². The summed E-state index contributed by atoms with van der Waals surface area (Å²) in [6.45, 7) is -0.0205. The third-order valence-corrected chi connectivity index (χ3v) is 4.56. The summed E-state index contributed by atoms with van der Waals surface area (Å²) in [6, 6.07) is 4.24. The predicted molar refractivity (Wildman–Crippen MR) is 69.0 cm³/mol. The Morgan fingerprint density at radius 1 is 1.33 bits per heavy atom. The first-order valence-corrected chi connectivity index (χ1v) is 7.77. The molecule has 1 fully saturated rings. The fourth-order valence-electron chi connectivity index (χ4n) is 1.86. The number of hydrogen-bond donors (Lipinski definition) is 2. The maximum Gasteiger partial charge on any atom is 0.573 e. The van der Waals surface area contributed by atoms with Gasteiger partial charge in [-0.25, -0.2) is 13.1 Å². The molecule has 0 aromatic heterocycles. The van der Waals surface area contributed by atoms with Gasteiger partial charge in [0.1, 0.15) is 10.6 Å². The molecule has 0 heterocycles. The Kier molecular flexibility index (Phi) is 4.45. The third kappa shape index (κ3) is 4.58. The van der Waals surface area contributed by atoms with Crippen LogP contribution in [0.5, 0.6) is 5.75 Å². The quantitative estimate of drug-likeness (QED) is 0.833. The van der Waals surface area contributed by atoms with E-state index < -0.39 is 27.0 Å². The van der Waals surface area contributed by atoms with E-state index in [0.29, 0.717) is 0 Å². The third-order valence-electron chi connectivity index (χ3n) is 3.10. The summed E-state index contributed by atoms with van der Waals surface area (Å²) in [7, 11) is -4.12. The standard InChI is InChI=1S/C12H15F3N2O3S/c13-12(14,15)20-10-3-1-2-4-11(10)21(18,19)17-7-9(16)8-5-6-8/h1-4,8-9,17H,5-7,16H2. The van der Waals surface area contributed by atoms with Gasteiger partial charge in [-0.05, 0) is 30.9 Å². The maximum atomic E-state index is 12.3. The molecule has 1 aliphatic carbocycles. The van der Waals surface area contributed by atoms with Crippen molar-refractivity contribution in [2.45, 2.75) is 30.1 Å². The number of para-hydroxylation sites is 1. The first-order valence-electron chi connectivity index (χ1n) is 6.29. The minimum atomic E-state index is -4.96. The van der Waals surface area contributed by atoms with E-state index in [-0.39, 0.29) is 18.5 Å². The number of nitrogens with one attached hydrogen (secondary N) is 1. The van der Waals surface area contributed by atoms with E-state index in [2.05, 4.69) is 9.46 Å². The number of ether oxygens (including phenoxy) is 1. The lowest BCUT2D eigenvalue weighted by molar-refractivity contribution is -0.275. The van der Waals surface area contributed by atoms with Gasteiger partial charge in [0.15, 0.2) is 0 Å². The Morgan fingerprint density at radius 3 is 2.52 bits per heavy atom. The molecule has 9 heteroatoms. The molecule has 0 saturated heterocycles. The maximum absolute atomic E-state index is 12.3. The van der Waals surface area contributed by atoms with Gasteiger partial charge in [-0.1, -0.05) is 12.1 Å². The Bertz CT molecular complexity index is 600. The van der Waals surface area contributed by atoms with Crippen LogP contribution in [-0.4, -0.2) is 27.4 Å². The number of rotatable bonds is 6. The summed E-state index contributed by atoms with van der Waals surface area (Å²) in [5, 5.41) is 0. The van der Waals surface area contributed by atoms with E-state index in [4.69, 9.17) is 5.73 Å². The Labute approximate surface area is 120 Å². The van der Waals surface area contributed by atoms with Crippen LogP contribution >= 0.6 is 0 Å². The average Bonchev–Trinajstić information content (AvgIpc) is 3.19. The normalized spacial score (nSPS) is 17.5. The van der Waals surface area contributed by atoms with Crippen LogP contribution in [0.2, 0.25) is 0 Å². The SMILES string of the molecule is NC(CNS(=O)(=O)c1ccccc1OC(F)(F)F)C1CC1. The van der Waals surface area contributed by atoms with Crippen LogP contribution in [0.3, 0.4) is 0 Å². The van der Waals surface area contributed by atoms with Crippen molar-refractivity contribution in [2.24, 2.45) is 11.7 Å². The van der Waals surface area contributed by atoms with Crippen LogP contribution in [0.1, 0.15) is 12.8 Å². The number of sulfonamides is 1. The van der Waals surface area contributed by atoms with Crippen molar-refractivity contribution in [2.75, 3.05) is 6.54 Å². The molecule has 2 rings (SSSR count). The van der Waals surface area contributed by atoms with Crippen molar-refractivity contribution in [3.8, 4) is 5.75 Å². The molecule has 118 valence electrons. The van der Waals surface area contributed by atoms with Crippen molar-refractivity contribution < 1.29 is 26.3 Å². The summed E-state index contributed by atoms with van der Waals surface area (Å²) >= 11 is 0. The van der Waals surface area contributed by atoms with Crippen molar-refractivity contribution in [1.29, 1.82) is 0 Å². The number of benzene rings is 1. The van der Waals surface area contributed by atoms with Crippen LogP contribution in [0.25, 0.3) is 0 Å². The minimum absolute atomic E-state index is 0.0205. The highest BCUT2D eigenvalue weighted by Gasteiger charge is 2.34. The van der Waals surface area contributed by atoms with E-state index in [9.17, 15) is 21.6 Å². The fraction of sp³-hybridized carbons (Fsp3) is 0.500. The molecule has 1 atom stereocenters. The fourth-order valence-corrected chi connectivity index (χ4v) is 3.06.